The third-order valence-electron chi connectivity index (χ3n) is 6.61. The van der Waals surface area contributed by atoms with Crippen LogP contribution in [0, 0.1) is 11.3 Å². The molecule has 1 aliphatic rings. The van der Waals surface area contributed by atoms with E-state index in [4.69, 9.17) is 21.1 Å². The van der Waals surface area contributed by atoms with Crippen LogP contribution in [0.4, 0.5) is 13.2 Å². The number of nitriles is 1. The largest absolute Gasteiger partial charge is 0.487 e. The molecule has 1 atom stereocenters. The highest BCUT2D eigenvalue weighted by molar-refractivity contribution is 9.11. The predicted molar refractivity (Wildman–Crippen MR) is 170 cm³/mol. The standard InChI is InChI=1S/C31H19Br2ClF3N3O4S/c1-2-43-29(42)24-25(16-7-9-21(34)10-8-16)40-28(41)23(45-30(40)39-27(24)31(35,36)37)12-19-11-20(32)13-22(33)26(19)44-15-18-6-4-3-5-17(18)14-38/h3-13,25H,2,15H2,1H3/b23-12-/t25-/m0/s1. The van der Waals surface area contributed by atoms with Gasteiger partial charge in [-0.25, -0.2) is 9.79 Å². The Kier molecular flexibility index (Phi) is 9.69. The van der Waals surface area contributed by atoms with Crippen molar-refractivity contribution >= 4 is 66.8 Å². The summed E-state index contributed by atoms with van der Waals surface area (Å²) < 4.78 is 56.5. The quantitative estimate of drug-likeness (QED) is 0.189. The topological polar surface area (TPSA) is 93.7 Å². The molecular formula is C31H19Br2ClF3N3O4S. The third-order valence-corrected chi connectivity index (χ3v) is 8.90. The second-order valence-electron chi connectivity index (χ2n) is 9.48. The van der Waals surface area contributed by atoms with Gasteiger partial charge in [-0.2, -0.15) is 18.4 Å². The van der Waals surface area contributed by atoms with Crippen molar-refractivity contribution in [1.29, 1.82) is 5.26 Å². The van der Waals surface area contributed by atoms with E-state index in [2.05, 4.69) is 42.9 Å². The average molecular weight is 782 g/mol. The molecule has 3 aromatic carbocycles. The van der Waals surface area contributed by atoms with Gasteiger partial charge in [-0.15, -0.1) is 0 Å². The number of ether oxygens (including phenoxy) is 2. The maximum absolute atomic E-state index is 14.4. The Morgan fingerprint density at radius 3 is 2.56 bits per heavy atom. The van der Waals surface area contributed by atoms with Gasteiger partial charge in [0.25, 0.3) is 5.56 Å². The van der Waals surface area contributed by atoms with E-state index < -0.39 is 35.0 Å². The van der Waals surface area contributed by atoms with Crippen molar-refractivity contribution in [2.24, 2.45) is 4.99 Å². The Balaban J connectivity index is 1.72. The van der Waals surface area contributed by atoms with Gasteiger partial charge in [0.05, 0.1) is 38.9 Å². The molecule has 0 bridgehead atoms. The van der Waals surface area contributed by atoms with Crippen molar-refractivity contribution in [3.8, 4) is 11.8 Å². The summed E-state index contributed by atoms with van der Waals surface area (Å²) in [5.41, 5.74) is -1.25. The van der Waals surface area contributed by atoms with E-state index in [1.54, 1.807) is 36.4 Å². The van der Waals surface area contributed by atoms with E-state index in [1.165, 1.54) is 37.3 Å². The van der Waals surface area contributed by atoms with Gasteiger partial charge >= 0.3 is 12.1 Å². The fourth-order valence-electron chi connectivity index (χ4n) is 4.69. The first kappa shape index (κ1) is 32.7. The van der Waals surface area contributed by atoms with E-state index in [1.807, 2.05) is 0 Å². The number of esters is 1. The number of hydrogen-bond donors (Lipinski definition) is 0. The number of benzene rings is 3. The van der Waals surface area contributed by atoms with Gasteiger partial charge in [0.15, 0.2) is 10.5 Å². The summed E-state index contributed by atoms with van der Waals surface area (Å²) in [6, 6.07) is 16.7. The number of carbonyl (C=O) groups excluding carboxylic acids is 1. The van der Waals surface area contributed by atoms with Crippen LogP contribution < -0.4 is 19.6 Å². The molecular weight excluding hydrogens is 763 g/mol. The van der Waals surface area contributed by atoms with E-state index in [9.17, 15) is 28.0 Å². The van der Waals surface area contributed by atoms with Gasteiger partial charge < -0.3 is 9.47 Å². The summed E-state index contributed by atoms with van der Waals surface area (Å²) in [7, 11) is 0. The Hall–Kier alpha value is -3.70. The number of fused-ring (bicyclic) bond motifs is 1. The molecule has 0 saturated carbocycles. The fraction of sp³-hybridized carbons (Fsp3) is 0.161. The Labute approximate surface area is 279 Å². The minimum Gasteiger partial charge on any atom is -0.487 e. The molecule has 1 aliphatic heterocycles. The van der Waals surface area contributed by atoms with Crippen molar-refractivity contribution in [3.05, 3.63) is 128 Å². The van der Waals surface area contributed by atoms with Crippen molar-refractivity contribution in [2.45, 2.75) is 25.7 Å². The Morgan fingerprint density at radius 1 is 1.18 bits per heavy atom. The first-order chi connectivity index (χ1) is 21.4. The zero-order valence-corrected chi connectivity index (χ0v) is 27.7. The lowest BCUT2D eigenvalue weighted by Crippen LogP contribution is -2.41. The summed E-state index contributed by atoms with van der Waals surface area (Å²) in [6.45, 7) is 1.30. The average Bonchev–Trinajstić information content (AvgIpc) is 3.30. The molecule has 0 N–H and O–H groups in total. The maximum Gasteiger partial charge on any atom is 0.434 e. The molecule has 0 spiro atoms. The highest BCUT2D eigenvalue weighted by Gasteiger charge is 2.45. The monoisotopic (exact) mass is 779 g/mol. The molecule has 14 heteroatoms. The molecule has 230 valence electrons. The van der Waals surface area contributed by atoms with Crippen LogP contribution in [0.15, 0.2) is 90.7 Å². The second-order valence-corrected chi connectivity index (χ2v) is 12.7. The van der Waals surface area contributed by atoms with Crippen LogP contribution in [0.2, 0.25) is 5.02 Å². The van der Waals surface area contributed by atoms with Gasteiger partial charge in [-0.1, -0.05) is 69.2 Å². The number of halogens is 6. The number of aromatic nitrogens is 1. The molecule has 0 aliphatic carbocycles. The molecule has 2 heterocycles. The molecule has 5 rings (SSSR count). The molecule has 0 saturated heterocycles. The third kappa shape index (κ3) is 6.79. The lowest BCUT2D eigenvalue weighted by atomic mass is 9.95. The number of allylic oxidation sites excluding steroid dienone is 1. The fourth-order valence-corrected chi connectivity index (χ4v) is 7.18. The smallest absolute Gasteiger partial charge is 0.434 e. The number of alkyl halides is 3. The normalized spacial score (nSPS) is 14.9. The summed E-state index contributed by atoms with van der Waals surface area (Å²) in [6.07, 6.45) is -3.55. The van der Waals surface area contributed by atoms with Crippen molar-refractivity contribution < 1.29 is 27.4 Å². The minimum absolute atomic E-state index is 0.0282. The first-order valence-corrected chi connectivity index (χ1v) is 15.9. The van der Waals surface area contributed by atoms with E-state index >= 15 is 0 Å². The van der Waals surface area contributed by atoms with Crippen molar-refractivity contribution in [2.75, 3.05) is 6.61 Å². The molecule has 7 nitrogen and oxygen atoms in total. The Bertz CT molecular complexity index is 2070. The van der Waals surface area contributed by atoms with Crippen LogP contribution in [0.5, 0.6) is 5.75 Å². The molecule has 0 amide bonds. The predicted octanol–water partition coefficient (Wildman–Crippen LogP) is 6.97. The lowest BCUT2D eigenvalue weighted by molar-refractivity contribution is -0.140. The van der Waals surface area contributed by atoms with E-state index in [0.29, 0.717) is 36.4 Å². The zero-order valence-electron chi connectivity index (χ0n) is 23.0. The van der Waals surface area contributed by atoms with Gasteiger partial charge in [0.1, 0.15) is 12.4 Å². The number of nitrogens with zero attached hydrogens (tertiary/aromatic N) is 3. The van der Waals surface area contributed by atoms with Gasteiger partial charge in [-0.3, -0.25) is 9.36 Å². The van der Waals surface area contributed by atoms with E-state index in [-0.39, 0.29) is 28.1 Å². The maximum atomic E-state index is 14.4. The molecule has 0 fully saturated rings. The number of rotatable bonds is 7. The van der Waals surface area contributed by atoms with Gasteiger partial charge in [-0.05, 0) is 64.8 Å². The number of thiazole rings is 1. The van der Waals surface area contributed by atoms with Crippen LogP contribution in [0.25, 0.3) is 6.08 Å². The Morgan fingerprint density at radius 2 is 1.89 bits per heavy atom. The van der Waals surface area contributed by atoms with Crippen molar-refractivity contribution in [1.82, 2.24) is 4.57 Å². The van der Waals surface area contributed by atoms with Crippen LogP contribution in [0.1, 0.15) is 35.2 Å². The van der Waals surface area contributed by atoms with Crippen LogP contribution in [-0.2, 0) is 16.1 Å². The molecule has 0 unspecified atom stereocenters. The van der Waals surface area contributed by atoms with Crippen LogP contribution in [-0.4, -0.2) is 23.3 Å². The lowest BCUT2D eigenvalue weighted by Gasteiger charge is -2.26. The second kappa shape index (κ2) is 13.3. The van der Waals surface area contributed by atoms with Crippen LogP contribution in [0.3, 0.4) is 0 Å². The first-order valence-electron chi connectivity index (χ1n) is 13.1. The molecule has 1 aromatic heterocycles. The summed E-state index contributed by atoms with van der Waals surface area (Å²) in [5, 5.41) is 9.77. The SMILES string of the molecule is CCOC(=O)C1=C(C(F)(F)F)N=c2s/c(=C\c3cc(Br)cc(Br)c3OCc3ccccc3C#N)c(=O)n2[C@H]1c1ccc(Cl)cc1. The highest BCUT2D eigenvalue weighted by Crippen LogP contribution is 2.39. The molecule has 45 heavy (non-hydrogen) atoms. The van der Waals surface area contributed by atoms with Gasteiger partial charge in [0, 0.05) is 20.6 Å². The number of hydrogen-bond acceptors (Lipinski definition) is 7. The van der Waals surface area contributed by atoms with Crippen molar-refractivity contribution in [3.63, 3.8) is 0 Å². The molecule has 4 aromatic rings. The molecule has 0 radical (unpaired) electrons. The highest BCUT2D eigenvalue weighted by atomic mass is 79.9. The summed E-state index contributed by atoms with van der Waals surface area (Å²) in [4.78, 5) is 30.6. The number of carbonyl (C=O) groups is 1. The van der Waals surface area contributed by atoms with Gasteiger partial charge in [0.2, 0.25) is 0 Å². The summed E-state index contributed by atoms with van der Waals surface area (Å²) in [5.74, 6) is -0.915. The van der Waals surface area contributed by atoms with Crippen LogP contribution >= 0.6 is 54.8 Å². The minimum atomic E-state index is -5.03. The van der Waals surface area contributed by atoms with E-state index in [0.717, 1.165) is 15.9 Å². The summed E-state index contributed by atoms with van der Waals surface area (Å²) >= 11 is 13.7. The zero-order chi connectivity index (χ0) is 32.5.